The van der Waals surface area contributed by atoms with Gasteiger partial charge >= 0.3 is 0 Å². The molecule has 3 aromatic rings. The number of fused-ring (bicyclic) bond motifs is 1. The molecule has 3 rings (SSSR count). The van der Waals surface area contributed by atoms with Gasteiger partial charge in [-0.25, -0.2) is 4.98 Å². The molecule has 0 atom stereocenters. The van der Waals surface area contributed by atoms with E-state index in [2.05, 4.69) is 54.9 Å². The predicted molar refractivity (Wildman–Crippen MR) is 159 cm³/mol. The van der Waals surface area contributed by atoms with Crippen molar-refractivity contribution in [3.8, 4) is 0 Å². The van der Waals surface area contributed by atoms with Crippen molar-refractivity contribution >= 4 is 51.9 Å². The van der Waals surface area contributed by atoms with Gasteiger partial charge in [-0.2, -0.15) is 0 Å². The first-order valence-corrected chi connectivity index (χ1v) is 14.0. The molecule has 1 N–H and O–H groups in total. The Kier molecular flexibility index (Phi) is 11.5. The van der Waals surface area contributed by atoms with Crippen molar-refractivity contribution in [2.45, 2.75) is 46.6 Å². The molecule has 194 valence electrons. The molecule has 0 aliphatic heterocycles. The second-order valence-electron chi connectivity index (χ2n) is 9.08. The third-order valence-electron chi connectivity index (χ3n) is 6.87. The summed E-state index contributed by atoms with van der Waals surface area (Å²) in [6.45, 7) is 15.4. The van der Waals surface area contributed by atoms with Crippen molar-refractivity contribution in [3.63, 3.8) is 0 Å². The first kappa shape index (κ1) is 28.5. The number of benzene rings is 2. The van der Waals surface area contributed by atoms with Crippen molar-refractivity contribution < 1.29 is 0 Å². The highest BCUT2D eigenvalue weighted by atomic mass is 35.5. The Morgan fingerprint density at radius 1 is 0.833 bits per heavy atom. The average Bonchev–Trinajstić information content (AvgIpc) is 2.88. The van der Waals surface area contributed by atoms with Crippen LogP contribution in [0.2, 0.25) is 10.0 Å². The third-order valence-corrected chi connectivity index (χ3v) is 7.45. The number of rotatable bonds is 14. The average molecular weight is 528 g/mol. The molecule has 2 aromatic carbocycles. The lowest BCUT2D eigenvalue weighted by molar-refractivity contribution is 0.268. The summed E-state index contributed by atoms with van der Waals surface area (Å²) in [4.78, 5) is 9.87. The first-order valence-electron chi connectivity index (χ1n) is 13.2. The molecule has 4 nitrogen and oxygen atoms in total. The first-order chi connectivity index (χ1) is 17.5. The maximum absolute atomic E-state index is 6.37. The summed E-state index contributed by atoms with van der Waals surface area (Å²) in [5, 5.41) is 6.40. The van der Waals surface area contributed by atoms with Gasteiger partial charge in [0.2, 0.25) is 0 Å². The fourth-order valence-corrected chi connectivity index (χ4v) is 4.84. The number of pyridine rings is 1. The Bertz CT molecular complexity index is 1110. The van der Waals surface area contributed by atoms with Gasteiger partial charge in [-0.05, 0) is 81.0 Å². The Labute approximate surface area is 227 Å². The summed E-state index contributed by atoms with van der Waals surface area (Å²) in [6.07, 6.45) is 6.22. The maximum Gasteiger partial charge on any atom is 0.0744 e. The van der Waals surface area contributed by atoms with Crippen LogP contribution in [0.3, 0.4) is 0 Å². The van der Waals surface area contributed by atoms with Crippen LogP contribution in [0.4, 0.5) is 5.69 Å². The van der Waals surface area contributed by atoms with Crippen LogP contribution >= 0.6 is 23.2 Å². The Hall–Kier alpha value is -2.11. The Balaban J connectivity index is 1.92. The Morgan fingerprint density at radius 2 is 1.47 bits per heavy atom. The number of halogens is 2. The molecule has 0 spiro atoms. The molecule has 0 amide bonds. The van der Waals surface area contributed by atoms with E-state index >= 15 is 0 Å². The maximum atomic E-state index is 6.37. The smallest absolute Gasteiger partial charge is 0.0744 e. The van der Waals surface area contributed by atoms with Crippen LogP contribution in [0.15, 0.2) is 48.5 Å². The van der Waals surface area contributed by atoms with Crippen molar-refractivity contribution in [2.24, 2.45) is 0 Å². The number of nitrogens with one attached hydrogen (secondary N) is 1. The van der Waals surface area contributed by atoms with E-state index in [4.69, 9.17) is 28.2 Å². The van der Waals surface area contributed by atoms with Crippen LogP contribution in [0.5, 0.6) is 0 Å². The molecule has 0 saturated carbocycles. The minimum atomic E-state index is 0.355. The number of anilines is 1. The molecule has 0 aliphatic carbocycles. The van der Waals surface area contributed by atoms with Gasteiger partial charge in [-0.15, -0.1) is 0 Å². The molecule has 1 aromatic heterocycles. The molecule has 0 bridgehead atoms. The fraction of sp³-hybridized carbons (Fsp3) is 0.433. The van der Waals surface area contributed by atoms with E-state index in [0.29, 0.717) is 11.1 Å². The fourth-order valence-electron chi connectivity index (χ4n) is 4.48. The van der Waals surface area contributed by atoms with E-state index in [-0.39, 0.29) is 0 Å². The summed E-state index contributed by atoms with van der Waals surface area (Å²) >= 11 is 12.7. The van der Waals surface area contributed by atoms with Gasteiger partial charge in [0.05, 0.1) is 11.2 Å². The van der Waals surface area contributed by atoms with Crippen LogP contribution < -0.4 is 5.32 Å². The molecule has 0 unspecified atom stereocenters. The SMILES string of the molecule is CCN(CC)CCC(CCN(CC)CC)Nc1cc(/C=C/c2ccccc2Cl)nc2cc(Cl)ccc12. The second kappa shape index (κ2) is 14.6. The van der Waals surface area contributed by atoms with E-state index in [1.165, 1.54) is 0 Å². The molecule has 36 heavy (non-hydrogen) atoms. The highest BCUT2D eigenvalue weighted by Gasteiger charge is 2.15. The van der Waals surface area contributed by atoms with Crippen LogP contribution in [0.25, 0.3) is 23.1 Å². The second-order valence-corrected chi connectivity index (χ2v) is 9.93. The lowest BCUT2D eigenvalue weighted by Crippen LogP contribution is -2.33. The monoisotopic (exact) mass is 526 g/mol. The van der Waals surface area contributed by atoms with E-state index < -0.39 is 0 Å². The normalized spacial score (nSPS) is 12.0. The van der Waals surface area contributed by atoms with Gasteiger partial charge < -0.3 is 15.1 Å². The zero-order chi connectivity index (χ0) is 25.9. The molecular weight excluding hydrogens is 487 g/mol. The number of hydrogen-bond acceptors (Lipinski definition) is 4. The zero-order valence-corrected chi connectivity index (χ0v) is 23.6. The summed E-state index contributed by atoms with van der Waals surface area (Å²) in [5.41, 5.74) is 3.83. The summed E-state index contributed by atoms with van der Waals surface area (Å²) < 4.78 is 0. The number of aromatic nitrogens is 1. The molecular formula is C30H40Cl2N4. The van der Waals surface area contributed by atoms with Crippen molar-refractivity contribution in [1.82, 2.24) is 14.8 Å². The third kappa shape index (κ3) is 8.21. The van der Waals surface area contributed by atoms with Crippen molar-refractivity contribution in [3.05, 3.63) is 69.8 Å². The minimum Gasteiger partial charge on any atom is -0.382 e. The van der Waals surface area contributed by atoms with Gasteiger partial charge in [-0.3, -0.25) is 0 Å². The van der Waals surface area contributed by atoms with Gasteiger partial charge in [0.25, 0.3) is 0 Å². The van der Waals surface area contributed by atoms with Crippen LogP contribution in [0, 0.1) is 0 Å². The number of nitrogens with zero attached hydrogens (tertiary/aromatic N) is 3. The van der Waals surface area contributed by atoms with Gasteiger partial charge in [0.1, 0.15) is 0 Å². The molecule has 1 heterocycles. The lowest BCUT2D eigenvalue weighted by Gasteiger charge is -2.27. The van der Waals surface area contributed by atoms with E-state index in [1.54, 1.807) is 0 Å². The molecule has 6 heteroatoms. The molecule has 0 aliphatic rings. The van der Waals surface area contributed by atoms with Crippen LogP contribution in [-0.4, -0.2) is 60.1 Å². The highest BCUT2D eigenvalue weighted by Crippen LogP contribution is 2.28. The van der Waals surface area contributed by atoms with Gasteiger partial charge in [0, 0.05) is 40.3 Å². The topological polar surface area (TPSA) is 31.4 Å². The lowest BCUT2D eigenvalue weighted by atomic mass is 10.1. The highest BCUT2D eigenvalue weighted by molar-refractivity contribution is 6.32. The van der Waals surface area contributed by atoms with Gasteiger partial charge in [0.15, 0.2) is 0 Å². The summed E-state index contributed by atoms with van der Waals surface area (Å²) in [5.74, 6) is 0. The minimum absolute atomic E-state index is 0.355. The predicted octanol–water partition coefficient (Wildman–Crippen LogP) is 7.96. The van der Waals surface area contributed by atoms with Crippen molar-refractivity contribution in [1.29, 1.82) is 0 Å². The van der Waals surface area contributed by atoms with Gasteiger partial charge in [-0.1, -0.05) is 75.2 Å². The summed E-state index contributed by atoms with van der Waals surface area (Å²) in [6, 6.07) is 16.3. The zero-order valence-electron chi connectivity index (χ0n) is 22.1. The molecule has 0 fully saturated rings. The van der Waals surface area contributed by atoms with E-state index in [9.17, 15) is 0 Å². The quantitative estimate of drug-likeness (QED) is 0.231. The van der Waals surface area contributed by atoms with E-state index in [1.807, 2.05) is 48.6 Å². The van der Waals surface area contributed by atoms with Crippen LogP contribution in [0.1, 0.15) is 51.8 Å². The van der Waals surface area contributed by atoms with Crippen LogP contribution in [-0.2, 0) is 0 Å². The Morgan fingerprint density at radius 3 is 2.08 bits per heavy atom. The summed E-state index contributed by atoms with van der Waals surface area (Å²) in [7, 11) is 0. The number of hydrogen-bond donors (Lipinski definition) is 1. The molecule has 0 radical (unpaired) electrons. The largest absolute Gasteiger partial charge is 0.382 e. The van der Waals surface area contributed by atoms with E-state index in [0.717, 1.165) is 85.0 Å². The van der Waals surface area contributed by atoms with Crippen molar-refractivity contribution in [2.75, 3.05) is 44.6 Å². The standard InChI is InChI=1S/C30H40Cl2N4/c1-5-35(6-2)19-17-25(18-20-36(7-3)8-4)33-30-22-26(15-13-23-11-9-10-12-28(23)32)34-29-21-24(31)14-16-27(29)30/h9-16,21-22,25H,5-8,17-20H2,1-4H3,(H,33,34)/b15-13+. The molecule has 0 saturated heterocycles.